The first-order valence-electron chi connectivity index (χ1n) is 5.94. The molecule has 5 nitrogen and oxygen atoms in total. The molecule has 0 spiro atoms. The van der Waals surface area contributed by atoms with Gasteiger partial charge in [-0.2, -0.15) is 0 Å². The van der Waals surface area contributed by atoms with Gasteiger partial charge in [0.15, 0.2) is 0 Å². The van der Waals surface area contributed by atoms with E-state index in [0.717, 1.165) is 39.3 Å². The summed E-state index contributed by atoms with van der Waals surface area (Å²) >= 11 is 0. The van der Waals surface area contributed by atoms with Gasteiger partial charge in [0.2, 0.25) is 0 Å². The molecule has 0 radical (unpaired) electrons. The Hall–Kier alpha value is -1.10. The molecule has 0 aromatic rings. The Kier molecular flexibility index (Phi) is 3.43. The zero-order valence-corrected chi connectivity index (χ0v) is 9.74. The smallest absolute Gasteiger partial charge is 0.317 e. The van der Waals surface area contributed by atoms with Crippen LogP contribution in [-0.2, 0) is 4.79 Å². The number of hydrogen-bond donors (Lipinski definition) is 1. The van der Waals surface area contributed by atoms with Gasteiger partial charge in [-0.3, -0.25) is 4.79 Å². The number of carbonyl (C=O) groups is 2. The SMILES string of the molecule is CC1CN(CCN2CCNC2=O)CCC1=O. The molecular weight excluding hydrogens is 206 g/mol. The number of amides is 2. The third-order valence-electron chi connectivity index (χ3n) is 3.39. The number of nitrogens with one attached hydrogen (secondary N) is 1. The summed E-state index contributed by atoms with van der Waals surface area (Å²) in [5.74, 6) is 0.524. The van der Waals surface area contributed by atoms with Crippen LogP contribution < -0.4 is 5.32 Å². The van der Waals surface area contributed by atoms with Gasteiger partial charge in [-0.1, -0.05) is 6.92 Å². The Bertz CT molecular complexity index is 293. The number of nitrogens with zero attached hydrogens (tertiary/aromatic N) is 2. The van der Waals surface area contributed by atoms with Gasteiger partial charge in [0.05, 0.1) is 0 Å². The molecule has 0 bridgehead atoms. The number of hydrogen-bond acceptors (Lipinski definition) is 3. The molecule has 2 aliphatic rings. The Morgan fingerprint density at radius 1 is 1.31 bits per heavy atom. The van der Waals surface area contributed by atoms with E-state index in [0.29, 0.717) is 12.2 Å². The summed E-state index contributed by atoms with van der Waals surface area (Å²) in [6.45, 7) is 6.89. The molecule has 5 heteroatoms. The van der Waals surface area contributed by atoms with Crippen molar-refractivity contribution in [2.45, 2.75) is 13.3 Å². The minimum Gasteiger partial charge on any atom is -0.336 e. The van der Waals surface area contributed by atoms with E-state index < -0.39 is 0 Å². The fourth-order valence-electron chi connectivity index (χ4n) is 2.28. The summed E-state index contributed by atoms with van der Waals surface area (Å²) in [6.07, 6.45) is 0.660. The lowest BCUT2D eigenvalue weighted by Gasteiger charge is -2.31. The molecule has 0 aliphatic carbocycles. The summed E-state index contributed by atoms with van der Waals surface area (Å²) in [5.41, 5.74) is 0. The minimum atomic E-state index is 0.0427. The third-order valence-corrected chi connectivity index (χ3v) is 3.39. The summed E-state index contributed by atoms with van der Waals surface area (Å²) in [4.78, 5) is 26.8. The zero-order valence-electron chi connectivity index (χ0n) is 9.74. The monoisotopic (exact) mass is 225 g/mol. The summed E-state index contributed by atoms with van der Waals surface area (Å²) < 4.78 is 0. The molecule has 0 saturated carbocycles. The van der Waals surface area contributed by atoms with Crippen LogP contribution in [0.5, 0.6) is 0 Å². The number of carbonyl (C=O) groups excluding carboxylic acids is 2. The van der Waals surface area contributed by atoms with Gasteiger partial charge in [0.1, 0.15) is 5.78 Å². The highest BCUT2D eigenvalue weighted by molar-refractivity contribution is 5.81. The maximum absolute atomic E-state index is 11.4. The van der Waals surface area contributed by atoms with Crippen LogP contribution in [0.1, 0.15) is 13.3 Å². The van der Waals surface area contributed by atoms with Crippen molar-refractivity contribution in [3.63, 3.8) is 0 Å². The predicted molar refractivity (Wildman–Crippen MR) is 60.2 cm³/mol. The molecule has 1 atom stereocenters. The molecule has 0 aromatic heterocycles. The van der Waals surface area contributed by atoms with Crippen molar-refractivity contribution in [1.82, 2.24) is 15.1 Å². The number of Topliss-reactive ketones (excluding diaryl/α,β-unsaturated/α-hetero) is 1. The van der Waals surface area contributed by atoms with Crippen molar-refractivity contribution in [1.29, 1.82) is 0 Å². The largest absolute Gasteiger partial charge is 0.336 e. The molecule has 2 aliphatic heterocycles. The lowest BCUT2D eigenvalue weighted by atomic mass is 9.99. The Morgan fingerprint density at radius 3 is 2.75 bits per heavy atom. The highest BCUT2D eigenvalue weighted by atomic mass is 16.2. The number of likely N-dealkylation sites (tertiary alicyclic amines) is 1. The number of urea groups is 1. The highest BCUT2D eigenvalue weighted by Gasteiger charge is 2.25. The van der Waals surface area contributed by atoms with E-state index in [-0.39, 0.29) is 11.9 Å². The molecule has 2 saturated heterocycles. The van der Waals surface area contributed by atoms with Crippen LogP contribution in [0.2, 0.25) is 0 Å². The van der Waals surface area contributed by atoms with Gasteiger partial charge in [0.25, 0.3) is 0 Å². The lowest BCUT2D eigenvalue weighted by Crippen LogP contribution is -2.43. The Balaban J connectivity index is 1.74. The first-order valence-corrected chi connectivity index (χ1v) is 5.94. The Morgan fingerprint density at radius 2 is 2.12 bits per heavy atom. The molecule has 2 amide bonds. The van der Waals surface area contributed by atoms with Crippen LogP contribution in [0.4, 0.5) is 4.79 Å². The topological polar surface area (TPSA) is 52.6 Å². The normalized spacial score (nSPS) is 27.3. The Labute approximate surface area is 95.8 Å². The molecule has 1 N–H and O–H groups in total. The number of ketones is 1. The number of piperidine rings is 1. The fourth-order valence-corrected chi connectivity index (χ4v) is 2.28. The van der Waals surface area contributed by atoms with Gasteiger partial charge in [0, 0.05) is 51.6 Å². The van der Waals surface area contributed by atoms with Crippen molar-refractivity contribution in [2.24, 2.45) is 5.92 Å². The van der Waals surface area contributed by atoms with Crippen LogP contribution in [-0.4, -0.2) is 60.9 Å². The van der Waals surface area contributed by atoms with Crippen LogP contribution in [0, 0.1) is 5.92 Å². The van der Waals surface area contributed by atoms with Crippen LogP contribution in [0.15, 0.2) is 0 Å². The molecular formula is C11H19N3O2. The lowest BCUT2D eigenvalue weighted by molar-refractivity contribution is -0.125. The van der Waals surface area contributed by atoms with E-state index in [4.69, 9.17) is 0 Å². The third kappa shape index (κ3) is 2.52. The van der Waals surface area contributed by atoms with E-state index in [2.05, 4.69) is 10.2 Å². The first-order chi connectivity index (χ1) is 7.66. The average Bonchev–Trinajstić information content (AvgIpc) is 2.66. The van der Waals surface area contributed by atoms with Crippen molar-refractivity contribution < 1.29 is 9.59 Å². The van der Waals surface area contributed by atoms with Crippen molar-refractivity contribution in [2.75, 3.05) is 39.3 Å². The van der Waals surface area contributed by atoms with E-state index >= 15 is 0 Å². The van der Waals surface area contributed by atoms with Gasteiger partial charge < -0.3 is 15.1 Å². The van der Waals surface area contributed by atoms with Crippen LogP contribution >= 0.6 is 0 Å². The standard InChI is InChI=1S/C11H19N3O2/c1-9-8-13(4-2-10(9)15)6-7-14-5-3-12-11(14)16/h9H,2-8H2,1H3,(H,12,16). The summed E-state index contributed by atoms with van der Waals surface area (Å²) in [5, 5.41) is 2.79. The second-order valence-corrected chi connectivity index (χ2v) is 4.64. The summed E-state index contributed by atoms with van der Waals surface area (Å²) in [7, 11) is 0. The molecule has 2 heterocycles. The van der Waals surface area contributed by atoms with Gasteiger partial charge in [-0.15, -0.1) is 0 Å². The van der Waals surface area contributed by atoms with Crippen molar-refractivity contribution in [3.8, 4) is 0 Å². The predicted octanol–water partition coefficient (Wildman–Crippen LogP) is -0.0775. The minimum absolute atomic E-state index is 0.0427. The second kappa shape index (κ2) is 4.82. The van der Waals surface area contributed by atoms with Gasteiger partial charge >= 0.3 is 6.03 Å². The van der Waals surface area contributed by atoms with E-state index in [1.54, 1.807) is 0 Å². The molecule has 16 heavy (non-hydrogen) atoms. The first kappa shape index (κ1) is 11.4. The van der Waals surface area contributed by atoms with E-state index in [9.17, 15) is 9.59 Å². The van der Waals surface area contributed by atoms with Crippen LogP contribution in [0.25, 0.3) is 0 Å². The van der Waals surface area contributed by atoms with Crippen molar-refractivity contribution in [3.05, 3.63) is 0 Å². The molecule has 2 fully saturated rings. The van der Waals surface area contributed by atoms with Gasteiger partial charge in [-0.05, 0) is 0 Å². The average molecular weight is 225 g/mol. The molecule has 90 valence electrons. The number of rotatable bonds is 3. The maximum Gasteiger partial charge on any atom is 0.317 e. The molecule has 2 rings (SSSR count). The quantitative estimate of drug-likeness (QED) is 0.731. The molecule has 1 unspecified atom stereocenters. The second-order valence-electron chi connectivity index (χ2n) is 4.64. The van der Waals surface area contributed by atoms with E-state index in [1.165, 1.54) is 0 Å². The summed E-state index contributed by atoms with van der Waals surface area (Å²) in [6, 6.07) is 0.0427. The maximum atomic E-state index is 11.4. The molecule has 0 aromatic carbocycles. The van der Waals surface area contributed by atoms with Crippen molar-refractivity contribution >= 4 is 11.8 Å². The highest BCUT2D eigenvalue weighted by Crippen LogP contribution is 2.12. The van der Waals surface area contributed by atoms with Gasteiger partial charge in [-0.25, -0.2) is 4.79 Å². The van der Waals surface area contributed by atoms with Crippen LogP contribution in [0.3, 0.4) is 0 Å². The van der Waals surface area contributed by atoms with E-state index in [1.807, 2.05) is 11.8 Å². The zero-order chi connectivity index (χ0) is 11.5. The fraction of sp³-hybridized carbons (Fsp3) is 0.818.